The zero-order valence-corrected chi connectivity index (χ0v) is 13.2. The Morgan fingerprint density at radius 1 is 1.17 bits per heavy atom. The van der Waals surface area contributed by atoms with E-state index in [1.54, 1.807) is 7.05 Å². The molecule has 0 spiro atoms. The summed E-state index contributed by atoms with van der Waals surface area (Å²) < 4.78 is 4.59. The van der Waals surface area contributed by atoms with E-state index in [-0.39, 0.29) is 17.0 Å². The van der Waals surface area contributed by atoms with Gasteiger partial charge in [0.25, 0.3) is 5.95 Å². The first-order valence-electron chi connectivity index (χ1n) is 6.92. The van der Waals surface area contributed by atoms with Crippen LogP contribution in [0.25, 0.3) is 0 Å². The van der Waals surface area contributed by atoms with Crippen molar-refractivity contribution in [2.75, 3.05) is 12.4 Å². The number of phenolic OH excluding ortho intramolecular Hbond substituents is 1. The summed E-state index contributed by atoms with van der Waals surface area (Å²) in [5.74, 6) is -2.27. The fourth-order valence-electron chi connectivity index (χ4n) is 2.19. The molecule has 0 fully saturated rings. The molecule has 2 aromatic rings. The molecule has 0 saturated heterocycles. The standard InChI is InChI=1S/C16H16N2O6/c1-7(18-9-4-5-11(20)10(6-9)17-3)12-14(21)13(8(2)19)16(23)24-15(12)22/h4-6,17,20-21,23H,1-3H3. The summed E-state index contributed by atoms with van der Waals surface area (Å²) in [6.07, 6.45) is 0. The van der Waals surface area contributed by atoms with E-state index in [0.717, 1.165) is 6.92 Å². The molecular formula is C16H16N2O6. The highest BCUT2D eigenvalue weighted by atomic mass is 16.5. The summed E-state index contributed by atoms with van der Waals surface area (Å²) in [6, 6.07) is 4.45. The number of carbonyl (C=O) groups is 1. The number of hydrogen-bond donors (Lipinski definition) is 4. The zero-order chi connectivity index (χ0) is 18.0. The lowest BCUT2D eigenvalue weighted by Crippen LogP contribution is -2.15. The van der Waals surface area contributed by atoms with Crippen molar-refractivity contribution in [3.8, 4) is 17.4 Å². The number of benzene rings is 1. The molecule has 0 aliphatic rings. The second-order valence-electron chi connectivity index (χ2n) is 5.00. The molecule has 24 heavy (non-hydrogen) atoms. The number of carbonyl (C=O) groups excluding carboxylic acids is 1. The Hall–Kier alpha value is -3.29. The first kappa shape index (κ1) is 17.1. The average molecular weight is 332 g/mol. The van der Waals surface area contributed by atoms with Crippen molar-refractivity contribution in [2.45, 2.75) is 13.8 Å². The van der Waals surface area contributed by atoms with Crippen LogP contribution < -0.4 is 10.9 Å². The number of rotatable bonds is 4. The van der Waals surface area contributed by atoms with Gasteiger partial charge < -0.3 is 25.1 Å². The summed E-state index contributed by atoms with van der Waals surface area (Å²) in [5.41, 5.74) is -0.931. The number of nitrogens with one attached hydrogen (secondary N) is 1. The SMILES string of the molecule is CNc1cc(N=C(C)c2c(O)c(C(C)=O)c(O)oc2=O)ccc1O. The predicted octanol–water partition coefficient (Wildman–Crippen LogP) is 2.14. The molecule has 1 aromatic carbocycles. The lowest BCUT2D eigenvalue weighted by atomic mass is 10.1. The van der Waals surface area contributed by atoms with Gasteiger partial charge in [0.1, 0.15) is 22.6 Å². The minimum atomic E-state index is -1.02. The summed E-state index contributed by atoms with van der Waals surface area (Å²) in [5, 5.41) is 32.1. The van der Waals surface area contributed by atoms with Gasteiger partial charge in [-0.3, -0.25) is 9.79 Å². The number of nitrogens with zero attached hydrogens (tertiary/aromatic N) is 1. The van der Waals surface area contributed by atoms with Crippen LogP contribution in [0.1, 0.15) is 29.8 Å². The van der Waals surface area contributed by atoms with Crippen LogP contribution in [0, 0.1) is 0 Å². The summed E-state index contributed by atoms with van der Waals surface area (Å²) >= 11 is 0. The van der Waals surface area contributed by atoms with Crippen molar-refractivity contribution in [1.82, 2.24) is 0 Å². The highest BCUT2D eigenvalue weighted by Gasteiger charge is 2.23. The van der Waals surface area contributed by atoms with E-state index in [4.69, 9.17) is 0 Å². The molecule has 0 amide bonds. The summed E-state index contributed by atoms with van der Waals surface area (Å²) in [6.45, 7) is 2.56. The number of aliphatic imine (C=N–C) groups is 1. The maximum Gasteiger partial charge on any atom is 0.351 e. The second kappa shape index (κ2) is 6.45. The van der Waals surface area contributed by atoms with Crippen molar-refractivity contribution >= 4 is 22.9 Å². The van der Waals surface area contributed by atoms with Gasteiger partial charge in [0.05, 0.1) is 17.1 Å². The molecule has 1 aromatic heterocycles. The fraction of sp³-hybridized carbons (Fsp3) is 0.188. The van der Waals surface area contributed by atoms with E-state index in [0.29, 0.717) is 11.4 Å². The Bertz CT molecular complexity index is 898. The van der Waals surface area contributed by atoms with Crippen molar-refractivity contribution < 1.29 is 24.5 Å². The van der Waals surface area contributed by atoms with Crippen LogP contribution in [0.5, 0.6) is 17.4 Å². The lowest BCUT2D eigenvalue weighted by Gasteiger charge is -2.08. The molecule has 4 N–H and O–H groups in total. The van der Waals surface area contributed by atoms with Gasteiger partial charge in [-0.05, 0) is 32.0 Å². The second-order valence-corrected chi connectivity index (χ2v) is 5.00. The Morgan fingerprint density at radius 3 is 2.42 bits per heavy atom. The van der Waals surface area contributed by atoms with E-state index in [1.807, 2.05) is 0 Å². The third kappa shape index (κ3) is 3.07. The van der Waals surface area contributed by atoms with Gasteiger partial charge in [0.2, 0.25) is 0 Å². The molecule has 2 rings (SSSR count). The van der Waals surface area contributed by atoms with E-state index >= 15 is 0 Å². The Balaban J connectivity index is 2.62. The van der Waals surface area contributed by atoms with Gasteiger partial charge in [0.15, 0.2) is 5.78 Å². The molecule has 0 saturated carbocycles. The molecule has 8 heteroatoms. The van der Waals surface area contributed by atoms with Gasteiger partial charge in [-0.25, -0.2) is 4.79 Å². The Labute approximate surface area is 136 Å². The number of aromatic hydroxyl groups is 3. The molecule has 126 valence electrons. The summed E-state index contributed by atoms with van der Waals surface area (Å²) in [4.78, 5) is 27.6. The number of Topliss-reactive ketones (excluding diaryl/α,β-unsaturated/α-hetero) is 1. The molecule has 0 aliphatic heterocycles. The minimum absolute atomic E-state index is 0.0277. The summed E-state index contributed by atoms with van der Waals surface area (Å²) in [7, 11) is 1.62. The van der Waals surface area contributed by atoms with Crippen LogP contribution in [0.15, 0.2) is 32.4 Å². The highest BCUT2D eigenvalue weighted by molar-refractivity contribution is 6.07. The molecular weight excluding hydrogens is 316 g/mol. The molecule has 0 bridgehead atoms. The molecule has 0 aliphatic carbocycles. The third-order valence-electron chi connectivity index (χ3n) is 3.34. The van der Waals surface area contributed by atoms with Crippen molar-refractivity contribution in [1.29, 1.82) is 0 Å². The molecule has 1 heterocycles. The van der Waals surface area contributed by atoms with Crippen LogP contribution in [-0.4, -0.2) is 33.9 Å². The van der Waals surface area contributed by atoms with Crippen LogP contribution >= 0.6 is 0 Å². The van der Waals surface area contributed by atoms with Gasteiger partial charge in [-0.1, -0.05) is 0 Å². The molecule has 0 atom stereocenters. The first-order valence-corrected chi connectivity index (χ1v) is 6.92. The Morgan fingerprint density at radius 2 is 1.83 bits per heavy atom. The number of hydrogen-bond acceptors (Lipinski definition) is 8. The lowest BCUT2D eigenvalue weighted by molar-refractivity contribution is 0.100. The van der Waals surface area contributed by atoms with Crippen LogP contribution in [0.3, 0.4) is 0 Å². The number of anilines is 1. The van der Waals surface area contributed by atoms with E-state index in [9.17, 15) is 24.9 Å². The minimum Gasteiger partial charge on any atom is -0.506 e. The van der Waals surface area contributed by atoms with E-state index < -0.39 is 28.7 Å². The first-order chi connectivity index (χ1) is 11.3. The van der Waals surface area contributed by atoms with Crippen LogP contribution in [0.2, 0.25) is 0 Å². The third-order valence-corrected chi connectivity index (χ3v) is 3.34. The van der Waals surface area contributed by atoms with E-state index in [2.05, 4.69) is 14.7 Å². The largest absolute Gasteiger partial charge is 0.506 e. The van der Waals surface area contributed by atoms with Crippen LogP contribution in [0.4, 0.5) is 11.4 Å². The van der Waals surface area contributed by atoms with Gasteiger partial charge in [-0.2, -0.15) is 0 Å². The fourth-order valence-corrected chi connectivity index (χ4v) is 2.19. The normalized spacial score (nSPS) is 11.4. The van der Waals surface area contributed by atoms with Gasteiger partial charge in [0, 0.05) is 7.05 Å². The highest BCUT2D eigenvalue weighted by Crippen LogP contribution is 2.31. The topological polar surface area (TPSA) is 132 Å². The van der Waals surface area contributed by atoms with Crippen molar-refractivity contribution in [3.05, 3.63) is 39.7 Å². The molecule has 0 unspecified atom stereocenters. The number of phenols is 1. The van der Waals surface area contributed by atoms with Crippen LogP contribution in [-0.2, 0) is 0 Å². The maximum atomic E-state index is 11.9. The molecule has 8 nitrogen and oxygen atoms in total. The van der Waals surface area contributed by atoms with E-state index in [1.165, 1.54) is 25.1 Å². The quantitative estimate of drug-likeness (QED) is 0.383. The van der Waals surface area contributed by atoms with Gasteiger partial charge in [-0.15, -0.1) is 0 Å². The van der Waals surface area contributed by atoms with Crippen molar-refractivity contribution in [2.24, 2.45) is 4.99 Å². The predicted molar refractivity (Wildman–Crippen MR) is 87.8 cm³/mol. The number of ketones is 1. The van der Waals surface area contributed by atoms with Crippen molar-refractivity contribution in [3.63, 3.8) is 0 Å². The van der Waals surface area contributed by atoms with Gasteiger partial charge >= 0.3 is 5.63 Å². The maximum absolute atomic E-state index is 11.9. The molecule has 0 radical (unpaired) electrons. The smallest absolute Gasteiger partial charge is 0.351 e. The average Bonchev–Trinajstić information content (AvgIpc) is 2.48. The monoisotopic (exact) mass is 332 g/mol. The zero-order valence-electron chi connectivity index (χ0n) is 13.2. The Kier molecular flexibility index (Phi) is 4.59.